The van der Waals surface area contributed by atoms with Gasteiger partial charge in [-0.05, 0) is 49.8 Å². The highest BCUT2D eigenvalue weighted by Crippen LogP contribution is 2.39. The molecule has 1 aromatic carbocycles. The lowest BCUT2D eigenvalue weighted by Crippen LogP contribution is -2.42. The molecule has 2 aliphatic rings. The van der Waals surface area contributed by atoms with Crippen molar-refractivity contribution in [3.63, 3.8) is 0 Å². The third kappa shape index (κ3) is 7.15. The van der Waals surface area contributed by atoms with Crippen molar-refractivity contribution in [2.75, 3.05) is 20.2 Å². The lowest BCUT2D eigenvalue weighted by atomic mass is 9.93. The molecule has 8 nitrogen and oxygen atoms in total. The summed E-state index contributed by atoms with van der Waals surface area (Å²) in [5.74, 6) is -0.362. The van der Waals surface area contributed by atoms with Gasteiger partial charge in [0.25, 0.3) is 0 Å². The van der Waals surface area contributed by atoms with Gasteiger partial charge in [0.15, 0.2) is 5.78 Å². The van der Waals surface area contributed by atoms with Gasteiger partial charge < -0.3 is 0 Å². The van der Waals surface area contributed by atoms with E-state index in [1.165, 1.54) is 13.2 Å². The molecule has 0 radical (unpaired) electrons. The third-order valence-electron chi connectivity index (χ3n) is 6.54. The van der Waals surface area contributed by atoms with Crippen molar-refractivity contribution in [3.05, 3.63) is 53.1 Å². The molecule has 36 heavy (non-hydrogen) atoms. The Morgan fingerprint density at radius 1 is 1.28 bits per heavy atom. The molecule has 2 heterocycles. The van der Waals surface area contributed by atoms with E-state index in [4.69, 9.17) is 12.6 Å². The summed E-state index contributed by atoms with van der Waals surface area (Å²) in [6, 6.07) is 6.00. The summed E-state index contributed by atoms with van der Waals surface area (Å²) < 4.78 is 16.6. The number of hydroxylamine groups is 1. The van der Waals surface area contributed by atoms with Gasteiger partial charge in [-0.1, -0.05) is 23.4 Å². The second kappa shape index (κ2) is 13.3. The van der Waals surface area contributed by atoms with Crippen LogP contribution in [-0.2, 0) is 21.0 Å². The number of nitrogens with zero attached hydrogens (tertiary/aromatic N) is 4. The summed E-state index contributed by atoms with van der Waals surface area (Å²) in [6.07, 6.45) is 8.09. The fourth-order valence-electron chi connectivity index (χ4n) is 4.53. The average molecular weight is 538 g/mol. The van der Waals surface area contributed by atoms with Crippen molar-refractivity contribution < 1.29 is 18.8 Å². The molecular weight excluding hydrogens is 505 g/mol. The third-order valence-corrected chi connectivity index (χ3v) is 7.13. The molecule has 4 rings (SSSR count). The molecule has 2 aromatic rings. The van der Waals surface area contributed by atoms with Crippen LogP contribution >= 0.6 is 25.0 Å². The summed E-state index contributed by atoms with van der Waals surface area (Å²) in [4.78, 5) is 31.5. The molecular formula is C25H33ClFN5O3S. The lowest BCUT2D eigenvalue weighted by molar-refractivity contribution is -0.131. The van der Waals surface area contributed by atoms with Crippen LogP contribution in [0, 0.1) is 11.7 Å². The number of ketones is 1. The number of unbranched alkanes of at least 4 members (excludes halogenated alkanes) is 1. The zero-order valence-electron chi connectivity index (χ0n) is 20.3. The molecule has 1 amide bonds. The Balaban J connectivity index is 0.00000361. The maximum atomic E-state index is 14.8. The van der Waals surface area contributed by atoms with Gasteiger partial charge in [0, 0.05) is 42.8 Å². The quantitative estimate of drug-likeness (QED) is 0.257. The normalized spacial score (nSPS) is 20.1. The molecule has 0 spiro atoms. The maximum absolute atomic E-state index is 14.8. The van der Waals surface area contributed by atoms with Gasteiger partial charge in [0.1, 0.15) is 5.82 Å². The van der Waals surface area contributed by atoms with E-state index in [2.05, 4.69) is 25.5 Å². The standard InChI is InChI=1S/C25H32FN5O3S.ClH/c1-34-28-23(32)8-4-5-12-31-19(15-27-29-31)14-18-16-30(13-11-22(18)35)24(25(33)17-9-10-17)20-6-2-3-7-21(20)26;/h2-3,6-7,14-15,17,22,24,35H,4-5,8-13,16H2,1H3,(H,28,32);1H. The van der Waals surface area contributed by atoms with Crippen molar-refractivity contribution in [3.8, 4) is 0 Å². The average Bonchev–Trinajstić information content (AvgIpc) is 3.61. The van der Waals surface area contributed by atoms with Crippen LogP contribution in [-0.4, -0.2) is 57.0 Å². The number of hydrogen-bond donors (Lipinski definition) is 2. The largest absolute Gasteiger partial charge is 0.297 e. The SMILES string of the molecule is CONC(=O)CCCCn1nncc1C=C1CN(C(C(=O)C2CC2)c2ccccc2F)CCC1S.Cl. The number of aromatic nitrogens is 3. The van der Waals surface area contributed by atoms with Crippen LogP contribution in [0.5, 0.6) is 0 Å². The smallest absolute Gasteiger partial charge is 0.243 e. The number of carbonyl (C=O) groups excluding carboxylic acids is 2. The number of hydrogen-bond acceptors (Lipinski definition) is 7. The Hall–Kier alpha value is -2.27. The highest BCUT2D eigenvalue weighted by molar-refractivity contribution is 7.81. The van der Waals surface area contributed by atoms with E-state index < -0.39 is 6.04 Å². The first-order valence-electron chi connectivity index (χ1n) is 12.1. The van der Waals surface area contributed by atoms with E-state index in [1.807, 2.05) is 10.8 Å². The molecule has 2 fully saturated rings. The molecule has 0 bridgehead atoms. The van der Waals surface area contributed by atoms with Gasteiger partial charge in [0.05, 0.1) is 25.0 Å². The van der Waals surface area contributed by atoms with Crippen molar-refractivity contribution in [1.82, 2.24) is 25.4 Å². The van der Waals surface area contributed by atoms with Gasteiger partial charge >= 0.3 is 0 Å². The van der Waals surface area contributed by atoms with Crippen LogP contribution in [0.2, 0.25) is 0 Å². The molecule has 2 unspecified atom stereocenters. The molecule has 1 saturated carbocycles. The maximum Gasteiger partial charge on any atom is 0.243 e. The molecule has 1 N–H and O–H groups in total. The topological polar surface area (TPSA) is 89.3 Å². The number of nitrogens with one attached hydrogen (secondary N) is 1. The highest BCUT2D eigenvalue weighted by atomic mass is 35.5. The molecule has 1 aliphatic carbocycles. The number of thiol groups is 1. The fourth-order valence-corrected chi connectivity index (χ4v) is 4.80. The number of amides is 1. The van der Waals surface area contributed by atoms with Gasteiger partial charge in [-0.25, -0.2) is 14.6 Å². The Morgan fingerprint density at radius 2 is 2.06 bits per heavy atom. The zero-order valence-corrected chi connectivity index (χ0v) is 22.0. The number of rotatable bonds is 11. The minimum atomic E-state index is -0.589. The Labute approximate surface area is 222 Å². The van der Waals surface area contributed by atoms with E-state index in [-0.39, 0.29) is 41.1 Å². The Bertz CT molecular complexity index is 1080. The van der Waals surface area contributed by atoms with Crippen molar-refractivity contribution in [2.24, 2.45) is 5.92 Å². The Kier molecular flexibility index (Phi) is 10.5. The van der Waals surface area contributed by atoms with Gasteiger partial charge in [0.2, 0.25) is 5.91 Å². The molecule has 1 aromatic heterocycles. The molecule has 2 atom stereocenters. The first-order chi connectivity index (χ1) is 17.0. The zero-order chi connectivity index (χ0) is 24.8. The van der Waals surface area contributed by atoms with Gasteiger partial charge in [-0.3, -0.25) is 19.3 Å². The lowest BCUT2D eigenvalue weighted by Gasteiger charge is -2.37. The predicted octanol–water partition coefficient (Wildman–Crippen LogP) is 3.79. The summed E-state index contributed by atoms with van der Waals surface area (Å²) >= 11 is 4.79. The van der Waals surface area contributed by atoms with Crippen molar-refractivity contribution >= 4 is 42.8 Å². The number of likely N-dealkylation sites (tertiary alicyclic amines) is 1. The van der Waals surface area contributed by atoms with Crippen LogP contribution < -0.4 is 5.48 Å². The van der Waals surface area contributed by atoms with Crippen molar-refractivity contribution in [2.45, 2.75) is 56.4 Å². The highest BCUT2D eigenvalue weighted by Gasteiger charge is 2.40. The Morgan fingerprint density at radius 3 is 2.78 bits per heavy atom. The van der Waals surface area contributed by atoms with E-state index in [0.717, 1.165) is 37.0 Å². The predicted molar refractivity (Wildman–Crippen MR) is 140 cm³/mol. The number of carbonyl (C=O) groups is 2. The van der Waals surface area contributed by atoms with Crippen LogP contribution in [0.15, 0.2) is 36.0 Å². The first kappa shape index (κ1) is 28.3. The molecule has 196 valence electrons. The number of Topliss-reactive ketones (excluding diaryl/α,β-unsaturated/α-hetero) is 1. The van der Waals surface area contributed by atoms with Gasteiger partial charge in [-0.2, -0.15) is 12.6 Å². The summed E-state index contributed by atoms with van der Waals surface area (Å²) in [5, 5.41) is 8.28. The molecule has 11 heteroatoms. The summed E-state index contributed by atoms with van der Waals surface area (Å²) in [6.45, 7) is 1.82. The molecule has 1 aliphatic heterocycles. The molecule has 1 saturated heterocycles. The summed E-state index contributed by atoms with van der Waals surface area (Å²) in [5.41, 5.74) is 4.66. The van der Waals surface area contributed by atoms with Crippen molar-refractivity contribution in [1.29, 1.82) is 0 Å². The number of piperidine rings is 1. The van der Waals surface area contributed by atoms with E-state index in [9.17, 15) is 14.0 Å². The number of halogens is 2. The second-order valence-electron chi connectivity index (χ2n) is 9.16. The van der Waals surface area contributed by atoms with Crippen LogP contribution in [0.1, 0.15) is 55.8 Å². The van der Waals surface area contributed by atoms with Crippen LogP contribution in [0.4, 0.5) is 4.39 Å². The number of aryl methyl sites for hydroxylation is 1. The fraction of sp³-hybridized carbons (Fsp3) is 0.520. The van der Waals surface area contributed by atoms with E-state index >= 15 is 0 Å². The van der Waals surface area contributed by atoms with Crippen LogP contribution in [0.25, 0.3) is 6.08 Å². The van der Waals surface area contributed by atoms with Gasteiger partial charge in [-0.15, -0.1) is 17.5 Å². The summed E-state index contributed by atoms with van der Waals surface area (Å²) in [7, 11) is 1.41. The monoisotopic (exact) mass is 537 g/mol. The van der Waals surface area contributed by atoms with E-state index in [0.29, 0.717) is 38.0 Å². The number of benzene rings is 1. The minimum absolute atomic E-state index is 0. The first-order valence-corrected chi connectivity index (χ1v) is 12.6. The minimum Gasteiger partial charge on any atom is -0.297 e. The second-order valence-corrected chi connectivity index (χ2v) is 9.79. The van der Waals surface area contributed by atoms with E-state index in [1.54, 1.807) is 24.4 Å². The van der Waals surface area contributed by atoms with Crippen LogP contribution in [0.3, 0.4) is 0 Å².